The lowest BCUT2D eigenvalue weighted by Gasteiger charge is -2.17. The lowest BCUT2D eigenvalue weighted by molar-refractivity contribution is -0.139. The first kappa shape index (κ1) is 12.3. The topological polar surface area (TPSA) is 55.8 Å². The van der Waals surface area contributed by atoms with Crippen LogP contribution in [0.2, 0.25) is 0 Å². The Labute approximate surface area is 103 Å². The van der Waals surface area contributed by atoms with Gasteiger partial charge >= 0.3 is 12.1 Å². The molecule has 1 atom stereocenters. The smallest absolute Gasteiger partial charge is 0.413 e. The van der Waals surface area contributed by atoms with E-state index in [0.717, 1.165) is 10.5 Å². The van der Waals surface area contributed by atoms with Crippen molar-refractivity contribution in [2.75, 3.05) is 13.4 Å². The number of hydrogen-bond donors (Lipinski definition) is 0. The van der Waals surface area contributed by atoms with Crippen molar-refractivity contribution in [3.8, 4) is 0 Å². The molecule has 0 aromatic heterocycles. The van der Waals surface area contributed by atoms with Crippen LogP contribution in [0.15, 0.2) is 30.3 Å². The predicted molar refractivity (Wildman–Crippen MR) is 59.2 cm³/mol. The van der Waals surface area contributed by atoms with Crippen LogP contribution in [0.1, 0.15) is 5.56 Å². The first-order chi connectivity index (χ1) is 8.72. The summed E-state index contributed by atoms with van der Waals surface area (Å²) in [4.78, 5) is 23.7. The standard InChI is InChI=1S/C12H12FNO4/c13-6-10-11(15)18-8-14(10)12(16)17-7-9-4-2-1-3-5-9/h1-5,10H,6-8H2/t10-/m1/s1. The Balaban J connectivity index is 1.90. The van der Waals surface area contributed by atoms with Gasteiger partial charge in [0.1, 0.15) is 13.3 Å². The molecule has 1 heterocycles. The molecule has 6 heteroatoms. The summed E-state index contributed by atoms with van der Waals surface area (Å²) in [5.74, 6) is -0.742. The number of nitrogens with zero attached hydrogens (tertiary/aromatic N) is 1. The van der Waals surface area contributed by atoms with Gasteiger partial charge in [0.05, 0.1) is 0 Å². The fourth-order valence-corrected chi connectivity index (χ4v) is 1.58. The van der Waals surface area contributed by atoms with Gasteiger partial charge in [-0.25, -0.2) is 14.0 Å². The lowest BCUT2D eigenvalue weighted by Crippen LogP contribution is -2.39. The van der Waals surface area contributed by atoms with Crippen molar-refractivity contribution in [3.05, 3.63) is 35.9 Å². The van der Waals surface area contributed by atoms with E-state index in [2.05, 4.69) is 4.74 Å². The van der Waals surface area contributed by atoms with Crippen molar-refractivity contribution in [2.24, 2.45) is 0 Å². The fraction of sp³-hybridized carbons (Fsp3) is 0.333. The summed E-state index contributed by atoms with van der Waals surface area (Å²) in [6, 6.07) is 7.88. The minimum atomic E-state index is -1.19. The van der Waals surface area contributed by atoms with Crippen LogP contribution in [0.4, 0.5) is 9.18 Å². The molecule has 0 unspecified atom stereocenters. The van der Waals surface area contributed by atoms with E-state index in [1.807, 2.05) is 18.2 Å². The summed E-state index contributed by atoms with van der Waals surface area (Å²) >= 11 is 0. The molecule has 1 aliphatic heterocycles. The summed E-state index contributed by atoms with van der Waals surface area (Å²) in [5, 5.41) is 0. The van der Waals surface area contributed by atoms with E-state index in [1.54, 1.807) is 12.1 Å². The molecule has 0 saturated carbocycles. The number of esters is 1. The van der Waals surface area contributed by atoms with E-state index in [9.17, 15) is 14.0 Å². The van der Waals surface area contributed by atoms with Gasteiger partial charge in [0.2, 0.25) is 0 Å². The Kier molecular flexibility index (Phi) is 3.76. The zero-order valence-corrected chi connectivity index (χ0v) is 9.54. The van der Waals surface area contributed by atoms with E-state index >= 15 is 0 Å². The van der Waals surface area contributed by atoms with Gasteiger partial charge in [-0.05, 0) is 5.56 Å². The first-order valence-electron chi connectivity index (χ1n) is 5.42. The highest BCUT2D eigenvalue weighted by atomic mass is 19.1. The molecule has 1 aromatic carbocycles. The predicted octanol–water partition coefficient (Wildman–Crippen LogP) is 1.48. The molecule has 96 valence electrons. The van der Waals surface area contributed by atoms with Crippen LogP contribution in [0.25, 0.3) is 0 Å². The minimum absolute atomic E-state index is 0.0728. The number of ether oxygens (including phenoxy) is 2. The summed E-state index contributed by atoms with van der Waals surface area (Å²) in [5.41, 5.74) is 0.814. The fourth-order valence-electron chi connectivity index (χ4n) is 1.58. The van der Waals surface area contributed by atoms with E-state index in [-0.39, 0.29) is 13.3 Å². The molecule has 5 nitrogen and oxygen atoms in total. The SMILES string of the molecule is O=C1OCN(C(=O)OCc2ccccc2)[C@@H]1CF. The molecule has 1 saturated heterocycles. The third kappa shape index (κ3) is 2.58. The van der Waals surface area contributed by atoms with Gasteiger partial charge in [-0.1, -0.05) is 30.3 Å². The van der Waals surface area contributed by atoms with Crippen LogP contribution in [0.5, 0.6) is 0 Å². The van der Waals surface area contributed by atoms with Gasteiger partial charge in [0.25, 0.3) is 0 Å². The molecular formula is C12H12FNO4. The quantitative estimate of drug-likeness (QED) is 0.765. The maximum Gasteiger partial charge on any atom is 0.413 e. The molecule has 1 aromatic rings. The maximum atomic E-state index is 12.6. The average molecular weight is 253 g/mol. The van der Waals surface area contributed by atoms with Crippen molar-refractivity contribution < 1.29 is 23.5 Å². The first-order valence-corrected chi connectivity index (χ1v) is 5.42. The lowest BCUT2D eigenvalue weighted by atomic mass is 10.2. The third-order valence-electron chi connectivity index (χ3n) is 2.58. The zero-order valence-electron chi connectivity index (χ0n) is 9.54. The molecule has 1 fully saturated rings. The van der Waals surface area contributed by atoms with E-state index in [1.165, 1.54) is 0 Å². The molecule has 0 N–H and O–H groups in total. The van der Waals surface area contributed by atoms with Crippen molar-refractivity contribution in [1.29, 1.82) is 0 Å². The minimum Gasteiger partial charge on any atom is -0.444 e. The monoisotopic (exact) mass is 253 g/mol. The number of hydrogen-bond acceptors (Lipinski definition) is 4. The van der Waals surface area contributed by atoms with E-state index in [4.69, 9.17) is 4.74 Å². The molecule has 0 spiro atoms. The Morgan fingerprint density at radius 2 is 2.17 bits per heavy atom. The van der Waals surface area contributed by atoms with Crippen molar-refractivity contribution in [2.45, 2.75) is 12.6 Å². The molecule has 2 rings (SSSR count). The second-order valence-corrected chi connectivity index (χ2v) is 3.77. The summed E-state index contributed by atoms with van der Waals surface area (Å²) < 4.78 is 22.1. The number of benzene rings is 1. The van der Waals surface area contributed by atoms with Crippen molar-refractivity contribution in [1.82, 2.24) is 4.90 Å². The van der Waals surface area contributed by atoms with Crippen molar-refractivity contribution in [3.63, 3.8) is 0 Å². The Morgan fingerprint density at radius 1 is 1.44 bits per heavy atom. The highest BCUT2D eigenvalue weighted by molar-refractivity contribution is 5.83. The summed E-state index contributed by atoms with van der Waals surface area (Å²) in [7, 11) is 0. The molecule has 0 radical (unpaired) electrons. The van der Waals surface area contributed by atoms with Gasteiger partial charge in [-0.15, -0.1) is 0 Å². The molecule has 18 heavy (non-hydrogen) atoms. The number of carbonyl (C=O) groups is 2. The van der Waals surface area contributed by atoms with Crippen LogP contribution in [0.3, 0.4) is 0 Å². The molecule has 0 bridgehead atoms. The van der Waals surface area contributed by atoms with Crippen LogP contribution in [-0.2, 0) is 20.9 Å². The molecule has 1 amide bonds. The Morgan fingerprint density at radius 3 is 2.83 bits per heavy atom. The van der Waals surface area contributed by atoms with Gasteiger partial charge in [0.15, 0.2) is 12.8 Å². The van der Waals surface area contributed by atoms with Crippen LogP contribution in [0, 0.1) is 0 Å². The molecule has 1 aliphatic rings. The number of halogens is 1. The largest absolute Gasteiger partial charge is 0.444 e. The highest BCUT2D eigenvalue weighted by Gasteiger charge is 2.38. The number of amides is 1. The van der Waals surface area contributed by atoms with Crippen LogP contribution in [-0.4, -0.2) is 36.4 Å². The van der Waals surface area contributed by atoms with E-state index in [0.29, 0.717) is 0 Å². The molecule has 0 aliphatic carbocycles. The molecular weight excluding hydrogens is 241 g/mol. The van der Waals surface area contributed by atoms with Crippen LogP contribution >= 0.6 is 0 Å². The Hall–Kier alpha value is -2.11. The van der Waals surface area contributed by atoms with Gasteiger partial charge in [-0.2, -0.15) is 0 Å². The van der Waals surface area contributed by atoms with Gasteiger partial charge < -0.3 is 9.47 Å². The number of carbonyl (C=O) groups excluding carboxylic acids is 2. The Bertz CT molecular complexity index is 437. The number of rotatable bonds is 3. The average Bonchev–Trinajstić information content (AvgIpc) is 2.78. The van der Waals surface area contributed by atoms with Gasteiger partial charge in [0, 0.05) is 0 Å². The third-order valence-corrected chi connectivity index (χ3v) is 2.58. The zero-order chi connectivity index (χ0) is 13.0. The van der Waals surface area contributed by atoms with Crippen LogP contribution < -0.4 is 0 Å². The normalized spacial score (nSPS) is 18.6. The number of alkyl halides is 1. The summed E-state index contributed by atoms with van der Waals surface area (Å²) in [6.45, 7) is -1.16. The van der Waals surface area contributed by atoms with Crippen molar-refractivity contribution >= 4 is 12.1 Å². The van der Waals surface area contributed by atoms with Gasteiger partial charge in [-0.3, -0.25) is 4.90 Å². The second kappa shape index (κ2) is 5.48. The second-order valence-electron chi connectivity index (χ2n) is 3.77. The number of cyclic esters (lactones) is 1. The maximum absolute atomic E-state index is 12.6. The van der Waals surface area contributed by atoms with E-state index < -0.39 is 24.8 Å². The summed E-state index contributed by atoms with van der Waals surface area (Å²) in [6.07, 6.45) is -0.757. The highest BCUT2D eigenvalue weighted by Crippen LogP contribution is 2.14.